The summed E-state index contributed by atoms with van der Waals surface area (Å²) >= 11 is 6.53. The molecule has 5 aromatic carbocycles. The van der Waals surface area contributed by atoms with E-state index < -0.39 is 0 Å². The number of amides is 2. The lowest BCUT2D eigenvalue weighted by Gasteiger charge is -2.35. The molecule has 0 bridgehead atoms. The Balaban J connectivity index is 0.000000212. The molecule has 2 aliphatic heterocycles. The highest BCUT2D eigenvalue weighted by molar-refractivity contribution is 7.99. The van der Waals surface area contributed by atoms with Crippen LogP contribution in [0.2, 0.25) is 0 Å². The zero-order chi connectivity index (χ0) is 66.7. The molecule has 22 heteroatoms. The summed E-state index contributed by atoms with van der Waals surface area (Å²) in [4.78, 5) is 43.5. The number of rotatable bonds is 25. The van der Waals surface area contributed by atoms with Crippen molar-refractivity contribution >= 4 is 42.5 Å². The average molecular weight is 1300 g/mol. The van der Waals surface area contributed by atoms with E-state index in [9.17, 15) is 34.8 Å². The zero-order valence-corrected chi connectivity index (χ0v) is 57.2. The number of aromatic hydroxyl groups is 4. The van der Waals surface area contributed by atoms with Crippen LogP contribution in [0.5, 0.6) is 28.7 Å². The van der Waals surface area contributed by atoms with Gasteiger partial charge in [-0.3, -0.25) is 28.5 Å². The Hall–Kier alpha value is -7.47. The van der Waals surface area contributed by atoms with Gasteiger partial charge in [-0.2, -0.15) is 24.4 Å². The van der Waals surface area contributed by atoms with E-state index in [-0.39, 0.29) is 67.8 Å². The molecule has 0 atom stereocenters. The van der Waals surface area contributed by atoms with Crippen molar-refractivity contribution in [2.45, 2.75) is 135 Å². The van der Waals surface area contributed by atoms with Crippen LogP contribution in [0.3, 0.4) is 0 Å². The second-order valence-electron chi connectivity index (χ2n) is 25.2. The van der Waals surface area contributed by atoms with Crippen molar-refractivity contribution in [2.24, 2.45) is 0 Å². The fourth-order valence-electron chi connectivity index (χ4n) is 10.9. The van der Waals surface area contributed by atoms with Crippen molar-refractivity contribution in [3.8, 4) is 62.9 Å². The van der Waals surface area contributed by atoms with E-state index in [1.165, 1.54) is 35.2 Å². The van der Waals surface area contributed by atoms with E-state index in [4.69, 9.17) is 4.74 Å². The number of phenolic OH excluding ortho intramolecular Hbond substituents is 4. The smallest absolute Gasteiger partial charge is 0.289 e. The molecule has 2 fully saturated rings. The minimum atomic E-state index is -0.353. The molecule has 7 aromatic rings. The number of hydrogen-bond acceptors (Lipinski definition) is 18. The van der Waals surface area contributed by atoms with Gasteiger partial charge in [0, 0.05) is 124 Å². The molecule has 92 heavy (non-hydrogen) atoms. The van der Waals surface area contributed by atoms with E-state index >= 15 is 0 Å². The average Bonchev–Trinajstić information content (AvgIpc) is 1.58. The third-order valence-electron chi connectivity index (χ3n) is 16.2. The Labute approximate surface area is 553 Å². The molecule has 2 aromatic heterocycles. The number of thiol groups is 1. The van der Waals surface area contributed by atoms with Crippen LogP contribution in [-0.4, -0.2) is 171 Å². The number of hydrogen-bond donors (Lipinski definition) is 8. The van der Waals surface area contributed by atoms with Gasteiger partial charge < -0.3 is 50.8 Å². The Morgan fingerprint density at radius 1 is 0.620 bits per heavy atom. The van der Waals surface area contributed by atoms with E-state index in [0.717, 1.165) is 103 Å². The highest BCUT2D eigenvalue weighted by Crippen LogP contribution is 2.40. The summed E-state index contributed by atoms with van der Waals surface area (Å²) in [6, 6.07) is 30.2. The second-order valence-corrected chi connectivity index (χ2v) is 28.1. The van der Waals surface area contributed by atoms with Crippen molar-refractivity contribution in [1.82, 2.24) is 60.2 Å². The largest absolute Gasteiger partial charge is 0.508 e. The Bertz CT molecular complexity index is 3500. The maximum absolute atomic E-state index is 12.9. The Morgan fingerprint density at radius 2 is 1.05 bits per heavy atom. The van der Waals surface area contributed by atoms with Crippen LogP contribution in [0.25, 0.3) is 34.2 Å². The van der Waals surface area contributed by atoms with Crippen LogP contribution < -0.4 is 20.7 Å². The van der Waals surface area contributed by atoms with Crippen LogP contribution in [0.1, 0.15) is 156 Å². The Kier molecular flexibility index (Phi) is 26.5. The predicted molar refractivity (Wildman–Crippen MR) is 370 cm³/mol. The molecule has 0 saturated carbocycles. The standard InChI is InChI=1S/C31H44N6O3S.C25H32N6O3.C14H20O2S/c1-6-32-30(40)29-34-33-28(25-18-24(21(2)3)26(38)19-27(25)39)37(29)23-10-8-22(9-11-23)20-36-16-14-35(15-17-36)13-7-12-31(4,5)41;1-4-27-25(34)24-29-28-23(20-13-19(16(2)3)21(32)14-22(20)33)31(24)18-7-5-17(6-8-18)15-30-11-9-26-10-12-30;1-14(2,9-4-10-15)17-11-12-5-7-13(16-3)8-6-12/h8-11,18-19,21,38-39,41H,6-7,12-17,20H2,1-5H3,(H,32,40);5-8,13-14,16,26,32-33H,4,9-12,15H2,1-3H3,(H,27,34);5-8,10H,4,9,11H2,1-3H3. The second kappa shape index (κ2) is 33.9. The number of ether oxygens (including phenoxy) is 1. The number of carbonyl (C=O) groups excluding carboxylic acids is 3. The normalized spacial score (nSPS) is 14.1. The van der Waals surface area contributed by atoms with Gasteiger partial charge in [0.1, 0.15) is 35.0 Å². The van der Waals surface area contributed by atoms with Gasteiger partial charge in [-0.1, -0.05) is 91.8 Å². The van der Waals surface area contributed by atoms with Crippen LogP contribution in [0.15, 0.2) is 97.1 Å². The molecule has 0 radical (unpaired) electrons. The van der Waals surface area contributed by atoms with Crippen molar-refractivity contribution in [3.05, 3.63) is 137 Å². The fraction of sp³-hybridized carbons (Fsp3) is 0.471. The number of thioether (sulfide) groups is 1. The molecule has 4 heterocycles. The minimum Gasteiger partial charge on any atom is -0.508 e. The maximum atomic E-state index is 12.9. The molecule has 7 N–H and O–H groups in total. The van der Waals surface area contributed by atoms with Crippen LogP contribution in [0, 0.1) is 0 Å². The topological polar surface area (TPSA) is 249 Å². The number of benzene rings is 5. The first-order valence-electron chi connectivity index (χ1n) is 32.0. The van der Waals surface area contributed by atoms with Crippen LogP contribution in [-0.2, 0) is 23.6 Å². The monoisotopic (exact) mass is 1300 g/mol. The summed E-state index contributed by atoms with van der Waals surface area (Å²) in [6.45, 7) is 32.2. The molecule has 0 aliphatic carbocycles. The summed E-state index contributed by atoms with van der Waals surface area (Å²) in [5, 5.41) is 67.9. The molecule has 0 unspecified atom stereocenters. The number of aromatic nitrogens is 6. The lowest BCUT2D eigenvalue weighted by molar-refractivity contribution is -0.108. The number of phenols is 4. The lowest BCUT2D eigenvalue weighted by atomic mass is 9.98. The quantitative estimate of drug-likeness (QED) is 0.0196. The van der Waals surface area contributed by atoms with Gasteiger partial charge in [0.05, 0.1) is 18.2 Å². The zero-order valence-electron chi connectivity index (χ0n) is 55.5. The lowest BCUT2D eigenvalue weighted by Crippen LogP contribution is -2.46. The van der Waals surface area contributed by atoms with Crippen LogP contribution in [0.4, 0.5) is 0 Å². The SMILES string of the molecule is CCNC(=O)c1nnc(-c2cc(C(C)C)c(O)cc2O)n1-c1ccc(CN2CCN(CCCC(C)(C)S)CC2)cc1.CCNC(=O)c1nnc(-c2cc(C(C)C)c(O)cc2O)n1-c1ccc(CN2CCNCC2)cc1.COc1ccc(CSC(C)(C)CCC=O)cc1. The fourth-order valence-corrected chi connectivity index (χ4v) is 12.1. The summed E-state index contributed by atoms with van der Waals surface area (Å²) in [6.07, 6.45) is 4.85. The van der Waals surface area contributed by atoms with E-state index in [2.05, 4.69) is 116 Å². The predicted octanol–water partition coefficient (Wildman–Crippen LogP) is 11.1. The van der Waals surface area contributed by atoms with Gasteiger partial charge in [0.2, 0.25) is 11.6 Å². The number of nitrogens with zero attached hydrogens (tertiary/aromatic N) is 9. The molecule has 496 valence electrons. The molecular formula is C70H96N12O8S2. The molecule has 9 rings (SSSR count). The van der Waals surface area contributed by atoms with Gasteiger partial charge in [-0.05, 0) is 128 Å². The highest BCUT2D eigenvalue weighted by atomic mass is 32.2. The van der Waals surface area contributed by atoms with Gasteiger partial charge >= 0.3 is 0 Å². The number of methoxy groups -OCH3 is 1. The van der Waals surface area contributed by atoms with Gasteiger partial charge in [0.25, 0.3) is 11.8 Å². The molecule has 2 amide bonds. The molecule has 20 nitrogen and oxygen atoms in total. The third kappa shape index (κ3) is 20.3. The number of piperazine rings is 2. The summed E-state index contributed by atoms with van der Waals surface area (Å²) in [5.74, 6) is 1.89. The highest BCUT2D eigenvalue weighted by Gasteiger charge is 2.28. The van der Waals surface area contributed by atoms with E-state index in [1.54, 1.807) is 28.4 Å². The van der Waals surface area contributed by atoms with Gasteiger partial charge in [0.15, 0.2) is 11.6 Å². The van der Waals surface area contributed by atoms with Crippen molar-refractivity contribution in [2.75, 3.05) is 79.1 Å². The maximum Gasteiger partial charge on any atom is 0.289 e. The van der Waals surface area contributed by atoms with Crippen molar-refractivity contribution < 1.29 is 39.5 Å². The Morgan fingerprint density at radius 3 is 1.47 bits per heavy atom. The number of carbonyl (C=O) groups is 3. The summed E-state index contributed by atoms with van der Waals surface area (Å²) < 4.78 is 8.67. The summed E-state index contributed by atoms with van der Waals surface area (Å²) in [7, 11) is 1.67. The summed E-state index contributed by atoms with van der Waals surface area (Å²) in [5.41, 5.74) is 7.21. The van der Waals surface area contributed by atoms with Crippen LogP contribution >= 0.6 is 24.4 Å². The third-order valence-corrected chi connectivity index (χ3v) is 17.9. The number of aldehydes is 1. The van der Waals surface area contributed by atoms with Gasteiger partial charge in [-0.25, -0.2) is 0 Å². The molecular weight excluding hydrogens is 1200 g/mol. The first kappa shape index (κ1) is 72.0. The molecule has 2 aliphatic rings. The van der Waals surface area contributed by atoms with Crippen molar-refractivity contribution in [3.63, 3.8) is 0 Å². The molecule has 2 saturated heterocycles. The minimum absolute atomic E-state index is 0.0167. The molecule has 0 spiro atoms. The van der Waals surface area contributed by atoms with Gasteiger partial charge in [-0.15, -0.1) is 20.4 Å². The van der Waals surface area contributed by atoms with Crippen molar-refractivity contribution in [1.29, 1.82) is 0 Å². The van der Waals surface area contributed by atoms with E-state index in [1.807, 2.05) is 102 Å². The first-order chi connectivity index (χ1) is 43.9. The number of nitrogens with one attached hydrogen (secondary N) is 3. The first-order valence-corrected chi connectivity index (χ1v) is 33.4. The van der Waals surface area contributed by atoms with E-state index in [0.29, 0.717) is 64.8 Å².